The van der Waals surface area contributed by atoms with Gasteiger partial charge in [0.2, 0.25) is 11.8 Å². The van der Waals surface area contributed by atoms with Crippen LogP contribution in [0.3, 0.4) is 0 Å². The minimum absolute atomic E-state index is 0.0589. The Bertz CT molecular complexity index is 670. The zero-order chi connectivity index (χ0) is 16.8. The Balaban J connectivity index is 1.51. The van der Waals surface area contributed by atoms with Crippen molar-refractivity contribution >= 4 is 17.5 Å². The van der Waals surface area contributed by atoms with Crippen molar-refractivity contribution < 1.29 is 14.0 Å². The summed E-state index contributed by atoms with van der Waals surface area (Å²) >= 11 is 0. The number of rotatable bonds is 6. The van der Waals surface area contributed by atoms with E-state index in [9.17, 15) is 9.59 Å². The molecule has 0 radical (unpaired) electrons. The van der Waals surface area contributed by atoms with E-state index in [1.165, 1.54) is 0 Å². The average Bonchev–Trinajstić information content (AvgIpc) is 3.25. The van der Waals surface area contributed by atoms with Crippen LogP contribution in [0.4, 0.5) is 5.69 Å². The van der Waals surface area contributed by atoms with Crippen molar-refractivity contribution in [3.05, 3.63) is 54.5 Å². The first-order chi connectivity index (χ1) is 11.7. The lowest BCUT2D eigenvalue weighted by molar-refractivity contribution is -0.126. The predicted molar refractivity (Wildman–Crippen MR) is 90.2 cm³/mol. The first-order valence-corrected chi connectivity index (χ1v) is 8.11. The van der Waals surface area contributed by atoms with E-state index in [-0.39, 0.29) is 24.4 Å². The molecule has 2 amide bonds. The first kappa shape index (κ1) is 16.3. The molecule has 6 heteroatoms. The summed E-state index contributed by atoms with van der Waals surface area (Å²) in [5.74, 6) is 0.554. The maximum Gasteiger partial charge on any atom is 0.238 e. The molecule has 1 saturated heterocycles. The van der Waals surface area contributed by atoms with E-state index in [1.807, 2.05) is 41.3 Å². The van der Waals surface area contributed by atoms with E-state index < -0.39 is 0 Å². The first-order valence-electron chi connectivity index (χ1n) is 8.11. The maximum atomic E-state index is 12.4. The molecule has 2 heterocycles. The van der Waals surface area contributed by atoms with Gasteiger partial charge in [-0.1, -0.05) is 18.2 Å². The van der Waals surface area contributed by atoms with Crippen LogP contribution in [0.5, 0.6) is 0 Å². The monoisotopic (exact) mass is 327 g/mol. The number of nitrogens with one attached hydrogen (secondary N) is 2. The highest BCUT2D eigenvalue weighted by Gasteiger charge is 2.31. The van der Waals surface area contributed by atoms with Crippen LogP contribution in [-0.4, -0.2) is 35.8 Å². The van der Waals surface area contributed by atoms with Gasteiger partial charge in [-0.2, -0.15) is 0 Å². The second kappa shape index (κ2) is 7.79. The Kier molecular flexibility index (Phi) is 5.28. The summed E-state index contributed by atoms with van der Waals surface area (Å²) < 4.78 is 5.21. The van der Waals surface area contributed by atoms with Crippen LogP contribution in [0.1, 0.15) is 18.6 Å². The standard InChI is InChI=1S/C18H21N3O3/c22-17(20-14-6-2-1-3-7-14)13-21-10-4-9-16(21)18(23)19-12-15-8-5-11-24-15/h1-3,5-8,11,16H,4,9-10,12-13H2,(H,19,23)(H,20,22)/t16-/m0/s1. The molecule has 0 saturated carbocycles. The molecule has 24 heavy (non-hydrogen) atoms. The number of likely N-dealkylation sites (tertiary alicyclic amines) is 1. The number of carbonyl (C=O) groups excluding carboxylic acids is 2. The van der Waals surface area contributed by atoms with Gasteiger partial charge in [-0.25, -0.2) is 0 Å². The quantitative estimate of drug-likeness (QED) is 0.851. The SMILES string of the molecule is O=C(CN1CCC[C@H]1C(=O)NCc1ccco1)Nc1ccccc1. The molecular formula is C18H21N3O3. The third kappa shape index (κ3) is 4.23. The molecule has 126 valence electrons. The fourth-order valence-corrected chi connectivity index (χ4v) is 2.92. The van der Waals surface area contributed by atoms with Crippen molar-refractivity contribution in [2.45, 2.75) is 25.4 Å². The van der Waals surface area contributed by atoms with Crippen LogP contribution in [-0.2, 0) is 16.1 Å². The highest BCUT2D eigenvalue weighted by molar-refractivity contribution is 5.93. The zero-order valence-electron chi connectivity index (χ0n) is 13.4. The van der Waals surface area contributed by atoms with Crippen LogP contribution >= 0.6 is 0 Å². The molecule has 1 aliphatic heterocycles. The molecule has 1 aromatic carbocycles. The largest absolute Gasteiger partial charge is 0.467 e. The number of nitrogens with zero attached hydrogens (tertiary/aromatic N) is 1. The van der Waals surface area contributed by atoms with E-state index in [0.717, 1.165) is 30.8 Å². The van der Waals surface area contributed by atoms with Gasteiger partial charge < -0.3 is 15.1 Å². The molecular weight excluding hydrogens is 306 g/mol. The maximum absolute atomic E-state index is 12.4. The van der Waals surface area contributed by atoms with Crippen molar-refractivity contribution in [3.63, 3.8) is 0 Å². The van der Waals surface area contributed by atoms with Crippen LogP contribution in [0.15, 0.2) is 53.1 Å². The number of benzene rings is 1. The second-order valence-corrected chi connectivity index (χ2v) is 5.84. The summed E-state index contributed by atoms with van der Waals surface area (Å²) in [7, 11) is 0. The molecule has 2 aromatic rings. The van der Waals surface area contributed by atoms with Crippen molar-refractivity contribution in [1.82, 2.24) is 10.2 Å². The molecule has 2 N–H and O–H groups in total. The van der Waals surface area contributed by atoms with Gasteiger partial charge in [-0.15, -0.1) is 0 Å². The van der Waals surface area contributed by atoms with E-state index in [4.69, 9.17) is 4.42 Å². The van der Waals surface area contributed by atoms with Gasteiger partial charge >= 0.3 is 0 Å². The lowest BCUT2D eigenvalue weighted by atomic mass is 10.2. The fourth-order valence-electron chi connectivity index (χ4n) is 2.92. The van der Waals surface area contributed by atoms with Gasteiger partial charge in [0.1, 0.15) is 5.76 Å². The molecule has 0 bridgehead atoms. The smallest absolute Gasteiger partial charge is 0.238 e. The van der Waals surface area contributed by atoms with Crippen LogP contribution in [0, 0.1) is 0 Å². The molecule has 3 rings (SSSR count). The summed E-state index contributed by atoms with van der Waals surface area (Å²) in [4.78, 5) is 26.5. The average molecular weight is 327 g/mol. The van der Waals surface area contributed by atoms with E-state index in [2.05, 4.69) is 10.6 Å². The van der Waals surface area contributed by atoms with Crippen LogP contribution in [0.2, 0.25) is 0 Å². The molecule has 0 aliphatic carbocycles. The Morgan fingerprint density at radius 3 is 2.75 bits per heavy atom. The third-order valence-electron chi connectivity index (χ3n) is 4.09. The molecule has 1 fully saturated rings. The lowest BCUT2D eigenvalue weighted by Gasteiger charge is -2.22. The van der Waals surface area contributed by atoms with Gasteiger partial charge in [-0.3, -0.25) is 14.5 Å². The minimum Gasteiger partial charge on any atom is -0.467 e. The Labute approximate surface area is 140 Å². The topological polar surface area (TPSA) is 74.6 Å². The van der Waals surface area contributed by atoms with Gasteiger partial charge in [0.15, 0.2) is 0 Å². The van der Waals surface area contributed by atoms with Crippen LogP contribution in [0.25, 0.3) is 0 Å². The summed E-state index contributed by atoms with van der Waals surface area (Å²) in [5.41, 5.74) is 0.764. The summed E-state index contributed by atoms with van der Waals surface area (Å²) in [6.07, 6.45) is 3.26. The van der Waals surface area contributed by atoms with E-state index in [1.54, 1.807) is 12.3 Å². The number of hydrogen-bond donors (Lipinski definition) is 2. The number of anilines is 1. The zero-order valence-corrected chi connectivity index (χ0v) is 13.4. The molecule has 1 aromatic heterocycles. The minimum atomic E-state index is -0.263. The van der Waals surface area contributed by atoms with Gasteiger partial charge in [0.05, 0.1) is 25.4 Å². The number of carbonyl (C=O) groups is 2. The molecule has 1 atom stereocenters. The van der Waals surface area contributed by atoms with E-state index >= 15 is 0 Å². The number of furan rings is 1. The number of amides is 2. The summed E-state index contributed by atoms with van der Waals surface area (Å²) in [6.45, 7) is 1.33. The second-order valence-electron chi connectivity index (χ2n) is 5.84. The van der Waals surface area contributed by atoms with E-state index in [0.29, 0.717) is 6.54 Å². The highest BCUT2D eigenvalue weighted by atomic mass is 16.3. The predicted octanol–water partition coefficient (Wildman–Crippen LogP) is 2.00. The van der Waals surface area contributed by atoms with Gasteiger partial charge in [0, 0.05) is 5.69 Å². The fraction of sp³-hybridized carbons (Fsp3) is 0.333. The number of hydrogen-bond acceptors (Lipinski definition) is 4. The van der Waals surface area contributed by atoms with Crippen molar-refractivity contribution in [2.24, 2.45) is 0 Å². The Hall–Kier alpha value is -2.60. The third-order valence-corrected chi connectivity index (χ3v) is 4.09. The van der Waals surface area contributed by atoms with Gasteiger partial charge in [0.25, 0.3) is 0 Å². The summed E-state index contributed by atoms with van der Waals surface area (Å²) in [6, 6.07) is 12.7. The van der Waals surface area contributed by atoms with Crippen molar-refractivity contribution in [3.8, 4) is 0 Å². The normalized spacial score (nSPS) is 17.6. The lowest BCUT2D eigenvalue weighted by Crippen LogP contribution is -2.45. The molecule has 0 spiro atoms. The van der Waals surface area contributed by atoms with Gasteiger partial charge in [-0.05, 0) is 43.7 Å². The summed E-state index contributed by atoms with van der Waals surface area (Å²) in [5, 5.41) is 5.73. The molecule has 6 nitrogen and oxygen atoms in total. The number of para-hydroxylation sites is 1. The highest BCUT2D eigenvalue weighted by Crippen LogP contribution is 2.17. The Morgan fingerprint density at radius 1 is 1.17 bits per heavy atom. The Morgan fingerprint density at radius 2 is 2.00 bits per heavy atom. The molecule has 0 unspecified atom stereocenters. The molecule has 1 aliphatic rings. The van der Waals surface area contributed by atoms with Crippen LogP contribution < -0.4 is 10.6 Å². The van der Waals surface area contributed by atoms with Crippen molar-refractivity contribution in [1.29, 1.82) is 0 Å². The van der Waals surface area contributed by atoms with Crippen molar-refractivity contribution in [2.75, 3.05) is 18.4 Å².